The average molecular weight is 334 g/mol. The van der Waals surface area contributed by atoms with Crippen molar-refractivity contribution in [1.82, 2.24) is 0 Å². The number of carbonyl (C=O) groups is 1. The van der Waals surface area contributed by atoms with Gasteiger partial charge in [0.15, 0.2) is 0 Å². The Bertz CT molecular complexity index is 558. The van der Waals surface area contributed by atoms with E-state index in [0.29, 0.717) is 31.8 Å². The minimum atomic E-state index is -1.17. The van der Waals surface area contributed by atoms with Crippen LogP contribution >= 0.6 is 0 Å². The lowest BCUT2D eigenvalue weighted by Gasteiger charge is -2.44. The predicted molar refractivity (Wildman–Crippen MR) is 93.5 cm³/mol. The molecule has 2 N–H and O–H groups in total. The smallest absolute Gasteiger partial charge is 0.302 e. The normalized spacial score (nSPS) is 27.8. The molecule has 0 radical (unpaired) electrons. The Hall–Kier alpha value is -1.39. The highest BCUT2D eigenvalue weighted by Crippen LogP contribution is 2.45. The van der Waals surface area contributed by atoms with E-state index in [9.17, 15) is 15.0 Å². The molecule has 24 heavy (non-hydrogen) atoms. The van der Waals surface area contributed by atoms with Gasteiger partial charge in [0.1, 0.15) is 5.60 Å². The van der Waals surface area contributed by atoms with Gasteiger partial charge in [0, 0.05) is 13.3 Å². The molecule has 134 valence electrons. The summed E-state index contributed by atoms with van der Waals surface area (Å²) in [6.45, 7) is 8.31. The standard InChI is InChI=1S/C20H30O4/c1-14(21)24-12-10-15-5-7-16(8-6-15)20(23)11-9-17(13-18(20)22)19(2,3)4/h5-8,17-18,22-23H,9-13H2,1-4H3/t17-,18-,20-/m1/s1. The van der Waals surface area contributed by atoms with Crippen molar-refractivity contribution >= 4 is 5.97 Å². The van der Waals surface area contributed by atoms with Gasteiger partial charge in [-0.2, -0.15) is 0 Å². The first-order valence-corrected chi connectivity index (χ1v) is 8.76. The van der Waals surface area contributed by atoms with Gasteiger partial charge in [-0.3, -0.25) is 4.79 Å². The van der Waals surface area contributed by atoms with Crippen molar-refractivity contribution in [1.29, 1.82) is 0 Å². The molecule has 1 fully saturated rings. The molecule has 0 saturated heterocycles. The second-order valence-corrected chi connectivity index (χ2v) is 8.06. The van der Waals surface area contributed by atoms with Gasteiger partial charge < -0.3 is 14.9 Å². The summed E-state index contributed by atoms with van der Waals surface area (Å²) in [5.74, 6) is 0.135. The van der Waals surface area contributed by atoms with Gasteiger partial charge in [0.2, 0.25) is 0 Å². The second kappa shape index (κ2) is 7.24. The average Bonchev–Trinajstić information content (AvgIpc) is 2.49. The molecule has 1 saturated carbocycles. The summed E-state index contributed by atoms with van der Waals surface area (Å²) < 4.78 is 4.94. The Morgan fingerprint density at radius 3 is 2.42 bits per heavy atom. The van der Waals surface area contributed by atoms with Gasteiger partial charge in [-0.15, -0.1) is 0 Å². The molecule has 0 aliphatic heterocycles. The van der Waals surface area contributed by atoms with Crippen molar-refractivity contribution < 1.29 is 19.7 Å². The Morgan fingerprint density at radius 2 is 1.92 bits per heavy atom. The third-order valence-electron chi connectivity index (χ3n) is 5.31. The van der Waals surface area contributed by atoms with Crippen LogP contribution in [-0.2, 0) is 21.6 Å². The van der Waals surface area contributed by atoms with E-state index >= 15 is 0 Å². The lowest BCUT2D eigenvalue weighted by Crippen LogP contribution is -2.46. The highest BCUT2D eigenvalue weighted by molar-refractivity contribution is 5.65. The maximum atomic E-state index is 11.0. The number of hydrogen-bond donors (Lipinski definition) is 2. The van der Waals surface area contributed by atoms with Gasteiger partial charge in [0.05, 0.1) is 12.7 Å². The van der Waals surface area contributed by atoms with E-state index in [-0.39, 0.29) is 11.4 Å². The quantitative estimate of drug-likeness (QED) is 0.830. The maximum absolute atomic E-state index is 11.0. The Morgan fingerprint density at radius 1 is 1.29 bits per heavy atom. The number of ether oxygens (including phenoxy) is 1. The van der Waals surface area contributed by atoms with Crippen LogP contribution in [0, 0.1) is 11.3 Å². The predicted octanol–water partition coefficient (Wildman–Crippen LogP) is 3.19. The molecule has 1 aromatic carbocycles. The third kappa shape index (κ3) is 4.37. The molecule has 1 aliphatic carbocycles. The zero-order chi connectivity index (χ0) is 18.0. The van der Waals surface area contributed by atoms with E-state index in [2.05, 4.69) is 20.8 Å². The van der Waals surface area contributed by atoms with Gasteiger partial charge in [0.25, 0.3) is 0 Å². The molecule has 0 bridgehead atoms. The van der Waals surface area contributed by atoms with Crippen LogP contribution in [0.25, 0.3) is 0 Å². The summed E-state index contributed by atoms with van der Waals surface area (Å²) in [4.78, 5) is 10.8. The fourth-order valence-corrected chi connectivity index (χ4v) is 3.54. The zero-order valence-electron chi connectivity index (χ0n) is 15.2. The van der Waals surface area contributed by atoms with E-state index < -0.39 is 11.7 Å². The summed E-state index contributed by atoms with van der Waals surface area (Å²) in [5, 5.41) is 21.6. The summed E-state index contributed by atoms with van der Waals surface area (Å²) in [6, 6.07) is 7.62. The summed E-state index contributed by atoms with van der Waals surface area (Å²) in [5.41, 5.74) is 0.777. The SMILES string of the molecule is CC(=O)OCCc1ccc([C@]2(O)CC[C@@H](C(C)(C)C)C[C@H]2O)cc1. The van der Waals surface area contributed by atoms with Gasteiger partial charge in [-0.05, 0) is 41.7 Å². The number of esters is 1. The Kier molecular flexibility index (Phi) is 5.71. The van der Waals surface area contributed by atoms with Crippen molar-refractivity contribution in [2.24, 2.45) is 11.3 Å². The van der Waals surface area contributed by atoms with E-state index in [1.807, 2.05) is 24.3 Å². The highest BCUT2D eigenvalue weighted by Gasteiger charge is 2.45. The van der Waals surface area contributed by atoms with Crippen LogP contribution in [0.1, 0.15) is 58.1 Å². The monoisotopic (exact) mass is 334 g/mol. The number of aliphatic hydroxyl groups is 2. The summed E-state index contributed by atoms with van der Waals surface area (Å²) in [7, 11) is 0. The van der Waals surface area contributed by atoms with E-state index in [0.717, 1.165) is 17.5 Å². The zero-order valence-corrected chi connectivity index (χ0v) is 15.2. The highest BCUT2D eigenvalue weighted by atomic mass is 16.5. The van der Waals surface area contributed by atoms with Crippen molar-refractivity contribution in [2.75, 3.05) is 6.61 Å². The van der Waals surface area contributed by atoms with E-state index in [1.165, 1.54) is 6.92 Å². The van der Waals surface area contributed by atoms with Crippen LogP contribution in [0.2, 0.25) is 0 Å². The van der Waals surface area contributed by atoms with Crippen molar-refractivity contribution in [3.8, 4) is 0 Å². The minimum absolute atomic E-state index is 0.142. The second-order valence-electron chi connectivity index (χ2n) is 8.06. The van der Waals surface area contributed by atoms with Gasteiger partial charge in [-0.1, -0.05) is 45.0 Å². The van der Waals surface area contributed by atoms with E-state index in [1.54, 1.807) is 0 Å². The molecule has 0 spiro atoms. The first-order chi connectivity index (χ1) is 11.1. The molecule has 0 heterocycles. The fourth-order valence-electron chi connectivity index (χ4n) is 3.54. The number of rotatable bonds is 4. The Labute approximate surface area is 144 Å². The van der Waals surface area contributed by atoms with Crippen LogP contribution in [0.3, 0.4) is 0 Å². The molecule has 3 atom stereocenters. The topological polar surface area (TPSA) is 66.8 Å². The number of hydrogen-bond acceptors (Lipinski definition) is 4. The molecule has 0 aromatic heterocycles. The molecule has 4 heteroatoms. The molecular weight excluding hydrogens is 304 g/mol. The molecule has 0 amide bonds. The molecule has 1 aromatic rings. The molecular formula is C20H30O4. The van der Waals surface area contributed by atoms with Crippen LogP contribution in [0.15, 0.2) is 24.3 Å². The van der Waals surface area contributed by atoms with Gasteiger partial charge in [-0.25, -0.2) is 0 Å². The number of carbonyl (C=O) groups excluding carboxylic acids is 1. The first-order valence-electron chi connectivity index (χ1n) is 8.76. The molecule has 2 rings (SSSR count). The summed E-state index contributed by atoms with van der Waals surface area (Å²) in [6.07, 6.45) is 2.00. The maximum Gasteiger partial charge on any atom is 0.302 e. The largest absolute Gasteiger partial charge is 0.466 e. The van der Waals surface area contributed by atoms with Crippen molar-refractivity contribution in [3.63, 3.8) is 0 Å². The lowest BCUT2D eigenvalue weighted by molar-refractivity contribution is -0.140. The van der Waals surface area contributed by atoms with Crippen LogP contribution in [0.5, 0.6) is 0 Å². The summed E-state index contributed by atoms with van der Waals surface area (Å²) >= 11 is 0. The first kappa shape index (κ1) is 18.9. The molecule has 1 aliphatic rings. The minimum Gasteiger partial charge on any atom is -0.466 e. The van der Waals surface area contributed by atoms with Crippen LogP contribution < -0.4 is 0 Å². The third-order valence-corrected chi connectivity index (χ3v) is 5.31. The molecule has 4 nitrogen and oxygen atoms in total. The fraction of sp³-hybridized carbons (Fsp3) is 0.650. The van der Waals surface area contributed by atoms with Crippen molar-refractivity contribution in [2.45, 2.75) is 65.1 Å². The number of aliphatic hydroxyl groups excluding tert-OH is 1. The molecule has 0 unspecified atom stereocenters. The Balaban J connectivity index is 2.04. The van der Waals surface area contributed by atoms with E-state index in [4.69, 9.17) is 4.74 Å². The van der Waals surface area contributed by atoms with Crippen LogP contribution in [0.4, 0.5) is 0 Å². The van der Waals surface area contributed by atoms with Gasteiger partial charge >= 0.3 is 5.97 Å². The van der Waals surface area contributed by atoms with Crippen LogP contribution in [-0.4, -0.2) is 28.9 Å². The van der Waals surface area contributed by atoms with Crippen molar-refractivity contribution in [3.05, 3.63) is 35.4 Å². The lowest BCUT2D eigenvalue weighted by atomic mass is 9.65. The number of benzene rings is 1.